The van der Waals surface area contributed by atoms with Gasteiger partial charge in [0.05, 0.1) is 23.1 Å². The number of para-hydroxylation sites is 2. The number of hydrogen-bond donors (Lipinski definition) is 2. The molecule has 1 atom stereocenters. The zero-order valence-corrected chi connectivity index (χ0v) is 14.3. The van der Waals surface area contributed by atoms with Crippen molar-refractivity contribution in [1.29, 1.82) is 0 Å². The van der Waals surface area contributed by atoms with E-state index in [0.29, 0.717) is 5.69 Å². The summed E-state index contributed by atoms with van der Waals surface area (Å²) in [6.45, 7) is 6.14. The van der Waals surface area contributed by atoms with Crippen LogP contribution >= 0.6 is 0 Å². The summed E-state index contributed by atoms with van der Waals surface area (Å²) in [6, 6.07) is 9.62. The molecule has 2 aromatic heterocycles. The van der Waals surface area contributed by atoms with E-state index in [1.54, 1.807) is 12.3 Å². The van der Waals surface area contributed by atoms with Crippen molar-refractivity contribution < 1.29 is 4.79 Å². The number of H-pyrrole nitrogens is 1. The van der Waals surface area contributed by atoms with Gasteiger partial charge in [-0.25, -0.2) is 4.98 Å². The lowest BCUT2D eigenvalue weighted by atomic mass is 10.1. The summed E-state index contributed by atoms with van der Waals surface area (Å²) in [4.78, 5) is 20.4. The summed E-state index contributed by atoms with van der Waals surface area (Å²) in [6.07, 6.45) is 3.56. The molecule has 0 saturated carbocycles. The van der Waals surface area contributed by atoms with Crippen LogP contribution in [0.1, 0.15) is 62.0 Å². The largest absolute Gasteiger partial charge is 0.341 e. The molecule has 0 aliphatic rings. The van der Waals surface area contributed by atoms with Crippen LogP contribution in [-0.4, -0.2) is 25.7 Å². The van der Waals surface area contributed by atoms with Gasteiger partial charge in [-0.15, -0.1) is 0 Å². The highest BCUT2D eigenvalue weighted by Gasteiger charge is 2.20. The van der Waals surface area contributed by atoms with Gasteiger partial charge < -0.3 is 10.3 Å². The lowest BCUT2D eigenvalue weighted by Gasteiger charge is -2.17. The van der Waals surface area contributed by atoms with Gasteiger partial charge in [0.1, 0.15) is 11.5 Å². The molecule has 2 N–H and O–H groups in total. The fourth-order valence-corrected chi connectivity index (χ4v) is 2.94. The minimum Gasteiger partial charge on any atom is -0.341 e. The third kappa shape index (κ3) is 3.04. The van der Waals surface area contributed by atoms with Crippen LogP contribution in [0.5, 0.6) is 0 Å². The first-order valence-corrected chi connectivity index (χ1v) is 8.43. The molecule has 0 bridgehead atoms. The van der Waals surface area contributed by atoms with Crippen LogP contribution in [0.4, 0.5) is 0 Å². The van der Waals surface area contributed by atoms with Gasteiger partial charge in [-0.2, -0.15) is 5.10 Å². The Balaban J connectivity index is 1.78. The maximum absolute atomic E-state index is 12.6. The Morgan fingerprint density at radius 1 is 1.25 bits per heavy atom. The number of nitrogens with zero attached hydrogens (tertiary/aromatic N) is 3. The highest BCUT2D eigenvalue weighted by molar-refractivity contribution is 5.92. The summed E-state index contributed by atoms with van der Waals surface area (Å²) in [5.41, 5.74) is 2.46. The first-order valence-electron chi connectivity index (χ1n) is 8.43. The number of rotatable bonds is 6. The molecular formula is C18H23N5O. The fraction of sp³-hybridized carbons (Fsp3) is 0.389. The van der Waals surface area contributed by atoms with E-state index in [9.17, 15) is 4.79 Å². The van der Waals surface area contributed by atoms with Crippen LogP contribution in [-0.2, 0) is 0 Å². The van der Waals surface area contributed by atoms with Crippen molar-refractivity contribution in [3.05, 3.63) is 48.0 Å². The van der Waals surface area contributed by atoms with Gasteiger partial charge in [0.2, 0.25) is 0 Å². The summed E-state index contributed by atoms with van der Waals surface area (Å²) in [5, 5.41) is 7.34. The normalized spacial score (nSPS) is 12.7. The molecule has 0 fully saturated rings. The fourth-order valence-electron chi connectivity index (χ4n) is 2.94. The second-order valence-corrected chi connectivity index (χ2v) is 5.97. The van der Waals surface area contributed by atoms with Crippen molar-refractivity contribution in [1.82, 2.24) is 25.1 Å². The Morgan fingerprint density at radius 3 is 2.71 bits per heavy atom. The highest BCUT2D eigenvalue weighted by Crippen LogP contribution is 2.19. The van der Waals surface area contributed by atoms with Crippen LogP contribution in [0.15, 0.2) is 36.5 Å². The second-order valence-electron chi connectivity index (χ2n) is 5.97. The Bertz CT molecular complexity index is 798. The van der Waals surface area contributed by atoms with Crippen LogP contribution in [0.25, 0.3) is 11.0 Å². The number of nitrogens with one attached hydrogen (secondary N) is 2. The van der Waals surface area contributed by atoms with E-state index in [-0.39, 0.29) is 18.0 Å². The number of aromatic nitrogens is 4. The minimum atomic E-state index is -0.213. The SMILES string of the molecule is CCC(CC)n1nccc1C(=O)NC(C)c1nc2ccccc2[nH]1. The number of fused-ring (bicyclic) bond motifs is 1. The number of imidazole rings is 1. The molecule has 0 radical (unpaired) electrons. The molecule has 2 heterocycles. The zero-order chi connectivity index (χ0) is 17.1. The van der Waals surface area contributed by atoms with Gasteiger partial charge in [0, 0.05) is 6.20 Å². The molecular weight excluding hydrogens is 302 g/mol. The van der Waals surface area contributed by atoms with Crippen molar-refractivity contribution >= 4 is 16.9 Å². The molecule has 0 aliphatic carbocycles. The van der Waals surface area contributed by atoms with E-state index in [2.05, 4.69) is 34.2 Å². The third-order valence-corrected chi connectivity index (χ3v) is 4.36. The highest BCUT2D eigenvalue weighted by atomic mass is 16.2. The number of amides is 1. The third-order valence-electron chi connectivity index (χ3n) is 4.36. The molecule has 24 heavy (non-hydrogen) atoms. The first kappa shape index (κ1) is 16.2. The summed E-state index contributed by atoms with van der Waals surface area (Å²) < 4.78 is 1.82. The van der Waals surface area contributed by atoms with E-state index < -0.39 is 0 Å². The second kappa shape index (κ2) is 6.86. The maximum atomic E-state index is 12.6. The molecule has 0 aliphatic heterocycles. The van der Waals surface area contributed by atoms with Crippen molar-refractivity contribution in [3.8, 4) is 0 Å². The lowest BCUT2D eigenvalue weighted by molar-refractivity contribution is 0.0924. The summed E-state index contributed by atoms with van der Waals surface area (Å²) >= 11 is 0. The number of aromatic amines is 1. The van der Waals surface area contributed by atoms with Gasteiger partial charge in [-0.1, -0.05) is 26.0 Å². The van der Waals surface area contributed by atoms with E-state index in [1.165, 1.54) is 0 Å². The van der Waals surface area contributed by atoms with Crippen LogP contribution < -0.4 is 5.32 Å². The standard InChI is InChI=1S/C18H23N5O/c1-4-13(5-2)23-16(10-11-19-23)18(24)20-12(3)17-21-14-8-6-7-9-15(14)22-17/h6-13H,4-5H2,1-3H3,(H,20,24)(H,21,22). The van der Waals surface area contributed by atoms with Crippen LogP contribution in [0, 0.1) is 0 Å². The molecule has 6 nitrogen and oxygen atoms in total. The molecule has 0 saturated heterocycles. The Kier molecular flexibility index (Phi) is 4.64. The molecule has 1 unspecified atom stereocenters. The van der Waals surface area contributed by atoms with Gasteiger partial charge in [-0.05, 0) is 38.0 Å². The Hall–Kier alpha value is -2.63. The summed E-state index contributed by atoms with van der Waals surface area (Å²) in [5.74, 6) is 0.616. The zero-order valence-electron chi connectivity index (χ0n) is 14.3. The first-order chi connectivity index (χ1) is 11.6. The quantitative estimate of drug-likeness (QED) is 0.727. The smallest absolute Gasteiger partial charge is 0.270 e. The van der Waals surface area contributed by atoms with Gasteiger partial charge in [0.25, 0.3) is 5.91 Å². The minimum absolute atomic E-state index is 0.132. The van der Waals surface area contributed by atoms with Crippen molar-refractivity contribution in [3.63, 3.8) is 0 Å². The predicted octanol–water partition coefficient (Wildman–Crippen LogP) is 3.61. The van der Waals surface area contributed by atoms with Gasteiger partial charge in [0.15, 0.2) is 0 Å². The Morgan fingerprint density at radius 2 is 2.00 bits per heavy atom. The van der Waals surface area contributed by atoms with Crippen LogP contribution in [0.3, 0.4) is 0 Å². The molecule has 3 rings (SSSR count). The monoisotopic (exact) mass is 325 g/mol. The molecule has 126 valence electrons. The number of benzene rings is 1. The molecule has 1 aromatic carbocycles. The van der Waals surface area contributed by atoms with Crippen molar-refractivity contribution in [2.75, 3.05) is 0 Å². The van der Waals surface area contributed by atoms with E-state index in [4.69, 9.17) is 0 Å². The number of carbonyl (C=O) groups is 1. The van der Waals surface area contributed by atoms with E-state index in [0.717, 1.165) is 29.7 Å². The lowest BCUT2D eigenvalue weighted by Crippen LogP contribution is -2.30. The molecule has 3 aromatic rings. The topological polar surface area (TPSA) is 75.6 Å². The average Bonchev–Trinajstić information content (AvgIpc) is 3.23. The predicted molar refractivity (Wildman–Crippen MR) is 93.8 cm³/mol. The molecule has 6 heteroatoms. The van der Waals surface area contributed by atoms with Crippen LogP contribution in [0.2, 0.25) is 0 Å². The summed E-state index contributed by atoms with van der Waals surface area (Å²) in [7, 11) is 0. The Labute approximate surface area is 141 Å². The van der Waals surface area contributed by atoms with Crippen molar-refractivity contribution in [2.45, 2.75) is 45.7 Å². The average molecular weight is 325 g/mol. The number of hydrogen-bond acceptors (Lipinski definition) is 3. The van der Waals surface area contributed by atoms with Gasteiger partial charge in [-0.3, -0.25) is 9.48 Å². The number of carbonyl (C=O) groups excluding carboxylic acids is 1. The molecule has 0 spiro atoms. The molecule has 1 amide bonds. The van der Waals surface area contributed by atoms with Crippen molar-refractivity contribution in [2.24, 2.45) is 0 Å². The van der Waals surface area contributed by atoms with Gasteiger partial charge >= 0.3 is 0 Å². The maximum Gasteiger partial charge on any atom is 0.270 e. The van der Waals surface area contributed by atoms with E-state index in [1.807, 2.05) is 35.9 Å². The van der Waals surface area contributed by atoms with E-state index >= 15 is 0 Å².